The van der Waals surface area contributed by atoms with Crippen molar-refractivity contribution < 1.29 is 0 Å². The third-order valence-electron chi connectivity index (χ3n) is 2.77. The lowest BCUT2D eigenvalue weighted by molar-refractivity contribution is 1.06. The molecule has 0 saturated carbocycles. The number of fused-ring (bicyclic) bond motifs is 1. The van der Waals surface area contributed by atoms with Gasteiger partial charge in [-0.3, -0.25) is 4.98 Å². The molecule has 0 bridgehead atoms. The number of hydrogen-bond acceptors (Lipinski definition) is 3. The van der Waals surface area contributed by atoms with E-state index in [0.29, 0.717) is 11.0 Å². The lowest BCUT2D eigenvalue weighted by Crippen LogP contribution is -1.92. The predicted octanol–water partition coefficient (Wildman–Crippen LogP) is 3.65. The van der Waals surface area contributed by atoms with Gasteiger partial charge in [0, 0.05) is 29.4 Å². The van der Waals surface area contributed by atoms with Gasteiger partial charge in [-0.15, -0.1) is 0 Å². The first-order chi connectivity index (χ1) is 8.74. The van der Waals surface area contributed by atoms with Gasteiger partial charge in [-0.05, 0) is 18.4 Å². The second-order valence-electron chi connectivity index (χ2n) is 4.03. The van der Waals surface area contributed by atoms with Crippen LogP contribution >= 0.6 is 11.6 Å². The van der Waals surface area contributed by atoms with Crippen molar-refractivity contribution in [1.29, 1.82) is 0 Å². The summed E-state index contributed by atoms with van der Waals surface area (Å²) >= 11 is 5.98. The molecular formula is C14H10ClN3. The van der Waals surface area contributed by atoms with Gasteiger partial charge in [0.05, 0.1) is 5.69 Å². The van der Waals surface area contributed by atoms with Crippen LogP contribution < -0.4 is 0 Å². The van der Waals surface area contributed by atoms with Gasteiger partial charge in [0.1, 0.15) is 11.0 Å². The largest absolute Gasteiger partial charge is 0.264 e. The number of aryl methyl sites for hydroxylation is 1. The van der Waals surface area contributed by atoms with Crippen molar-refractivity contribution in [3.63, 3.8) is 0 Å². The topological polar surface area (TPSA) is 38.7 Å². The second-order valence-corrected chi connectivity index (χ2v) is 4.41. The Hall–Kier alpha value is -2.00. The molecule has 0 fully saturated rings. The van der Waals surface area contributed by atoms with Gasteiger partial charge >= 0.3 is 0 Å². The van der Waals surface area contributed by atoms with Crippen LogP contribution in [0.25, 0.3) is 22.0 Å². The Bertz CT molecular complexity index is 700. The molecule has 1 aromatic carbocycles. The zero-order valence-electron chi connectivity index (χ0n) is 9.76. The first kappa shape index (κ1) is 11.1. The first-order valence-corrected chi connectivity index (χ1v) is 5.96. The normalized spacial score (nSPS) is 10.8. The molecule has 18 heavy (non-hydrogen) atoms. The molecule has 0 spiro atoms. The summed E-state index contributed by atoms with van der Waals surface area (Å²) < 4.78 is 0. The van der Waals surface area contributed by atoms with Crippen molar-refractivity contribution in [3.05, 3.63) is 53.7 Å². The van der Waals surface area contributed by atoms with Crippen molar-refractivity contribution in [2.75, 3.05) is 0 Å². The van der Waals surface area contributed by atoms with E-state index in [1.165, 1.54) is 0 Å². The van der Waals surface area contributed by atoms with Crippen molar-refractivity contribution >= 4 is 22.4 Å². The molecule has 2 heterocycles. The summed E-state index contributed by atoms with van der Waals surface area (Å²) in [5, 5.41) is 2.66. The average molecular weight is 256 g/mol. The van der Waals surface area contributed by atoms with Crippen molar-refractivity contribution in [2.45, 2.75) is 6.92 Å². The third-order valence-corrected chi connectivity index (χ3v) is 2.96. The molecule has 0 atom stereocenters. The molecule has 88 valence electrons. The Balaban J connectivity index is 2.31. The third kappa shape index (κ3) is 1.93. The minimum Gasteiger partial charge on any atom is -0.264 e. The van der Waals surface area contributed by atoms with Crippen LogP contribution in [0.4, 0.5) is 0 Å². The maximum atomic E-state index is 5.98. The summed E-state index contributed by atoms with van der Waals surface area (Å²) in [7, 11) is 0. The van der Waals surface area contributed by atoms with Crippen LogP contribution in [0.2, 0.25) is 5.15 Å². The Labute approximate surface area is 109 Å². The first-order valence-electron chi connectivity index (χ1n) is 5.58. The summed E-state index contributed by atoms with van der Waals surface area (Å²) in [5.41, 5.74) is 1.85. The molecule has 3 aromatic rings. The van der Waals surface area contributed by atoms with Gasteiger partial charge < -0.3 is 0 Å². The van der Waals surface area contributed by atoms with Crippen molar-refractivity contribution in [1.82, 2.24) is 15.0 Å². The lowest BCUT2D eigenvalue weighted by Gasteiger charge is -2.06. The van der Waals surface area contributed by atoms with Crippen LogP contribution in [0, 0.1) is 6.92 Å². The number of halogens is 1. The van der Waals surface area contributed by atoms with E-state index in [9.17, 15) is 0 Å². The van der Waals surface area contributed by atoms with Crippen LogP contribution in [-0.4, -0.2) is 15.0 Å². The van der Waals surface area contributed by atoms with E-state index in [4.69, 9.17) is 11.6 Å². The number of pyridine rings is 1. The molecule has 0 aliphatic heterocycles. The van der Waals surface area contributed by atoms with Gasteiger partial charge in [-0.2, -0.15) is 0 Å². The van der Waals surface area contributed by atoms with Gasteiger partial charge in [-0.25, -0.2) is 9.97 Å². The van der Waals surface area contributed by atoms with E-state index in [-0.39, 0.29) is 0 Å². The van der Waals surface area contributed by atoms with Crippen LogP contribution in [-0.2, 0) is 0 Å². The molecule has 0 radical (unpaired) electrons. The number of rotatable bonds is 1. The SMILES string of the molecule is Cc1nc(Cl)cc(-c2cccc3ccncc23)n1. The van der Waals surface area contributed by atoms with Crippen LogP contribution in [0.15, 0.2) is 42.7 Å². The molecule has 0 saturated heterocycles. The molecular weight excluding hydrogens is 246 g/mol. The van der Waals surface area contributed by atoms with E-state index >= 15 is 0 Å². The van der Waals surface area contributed by atoms with Gasteiger partial charge in [0.2, 0.25) is 0 Å². The summed E-state index contributed by atoms with van der Waals surface area (Å²) in [5.74, 6) is 0.665. The molecule has 2 aromatic heterocycles. The molecule has 3 nitrogen and oxygen atoms in total. The number of benzene rings is 1. The summed E-state index contributed by atoms with van der Waals surface area (Å²) in [6, 6.07) is 9.83. The number of aromatic nitrogens is 3. The Kier molecular flexibility index (Phi) is 2.68. The van der Waals surface area contributed by atoms with Crippen LogP contribution in [0.1, 0.15) is 5.82 Å². The molecule has 0 amide bonds. The maximum Gasteiger partial charge on any atom is 0.133 e. The fraction of sp³-hybridized carbons (Fsp3) is 0.0714. The second kappa shape index (κ2) is 4.35. The van der Waals surface area contributed by atoms with E-state index in [1.54, 1.807) is 12.3 Å². The fourth-order valence-corrected chi connectivity index (χ4v) is 2.23. The van der Waals surface area contributed by atoms with Crippen molar-refractivity contribution in [2.24, 2.45) is 0 Å². The number of hydrogen-bond donors (Lipinski definition) is 0. The zero-order valence-corrected chi connectivity index (χ0v) is 10.5. The molecule has 4 heteroatoms. The maximum absolute atomic E-state index is 5.98. The molecule has 3 rings (SSSR count). The highest BCUT2D eigenvalue weighted by Gasteiger charge is 2.07. The Morgan fingerprint density at radius 1 is 1.11 bits per heavy atom. The summed E-state index contributed by atoms with van der Waals surface area (Å²) in [4.78, 5) is 12.7. The highest BCUT2D eigenvalue weighted by atomic mass is 35.5. The van der Waals surface area contributed by atoms with Gasteiger partial charge in [0.15, 0.2) is 0 Å². The van der Waals surface area contributed by atoms with E-state index in [0.717, 1.165) is 22.0 Å². The van der Waals surface area contributed by atoms with E-state index in [1.807, 2.05) is 31.3 Å². The van der Waals surface area contributed by atoms with Gasteiger partial charge in [-0.1, -0.05) is 29.8 Å². The molecule has 0 unspecified atom stereocenters. The predicted molar refractivity (Wildman–Crippen MR) is 72.5 cm³/mol. The Morgan fingerprint density at radius 2 is 2.00 bits per heavy atom. The average Bonchev–Trinajstić information content (AvgIpc) is 2.37. The molecule has 0 aliphatic rings. The number of nitrogens with zero attached hydrogens (tertiary/aromatic N) is 3. The highest BCUT2D eigenvalue weighted by Crippen LogP contribution is 2.27. The summed E-state index contributed by atoms with van der Waals surface area (Å²) in [6.07, 6.45) is 3.63. The van der Waals surface area contributed by atoms with Crippen LogP contribution in [0.5, 0.6) is 0 Å². The Morgan fingerprint density at radius 3 is 2.83 bits per heavy atom. The molecule has 0 aliphatic carbocycles. The standard InChI is InChI=1S/C14H10ClN3/c1-9-17-13(7-14(15)18-9)11-4-2-3-10-5-6-16-8-12(10)11/h2-8H,1H3. The van der Waals surface area contributed by atoms with E-state index in [2.05, 4.69) is 21.0 Å². The highest BCUT2D eigenvalue weighted by molar-refractivity contribution is 6.29. The quantitative estimate of drug-likeness (QED) is 0.623. The zero-order chi connectivity index (χ0) is 12.5. The van der Waals surface area contributed by atoms with Crippen molar-refractivity contribution in [3.8, 4) is 11.3 Å². The lowest BCUT2D eigenvalue weighted by atomic mass is 10.0. The minimum absolute atomic E-state index is 0.457. The fourth-order valence-electron chi connectivity index (χ4n) is 2.01. The van der Waals surface area contributed by atoms with E-state index < -0.39 is 0 Å². The van der Waals surface area contributed by atoms with Crippen LogP contribution in [0.3, 0.4) is 0 Å². The monoisotopic (exact) mass is 255 g/mol. The summed E-state index contributed by atoms with van der Waals surface area (Å²) in [6.45, 7) is 1.83. The van der Waals surface area contributed by atoms with Gasteiger partial charge in [0.25, 0.3) is 0 Å². The minimum atomic E-state index is 0.457. The smallest absolute Gasteiger partial charge is 0.133 e. The molecule has 0 N–H and O–H groups in total.